The van der Waals surface area contributed by atoms with Crippen LogP contribution in [0.1, 0.15) is 22.2 Å². The topological polar surface area (TPSA) is 26.0 Å². The van der Waals surface area contributed by atoms with Gasteiger partial charge in [-0.25, -0.2) is 0 Å². The molecule has 19 heavy (non-hydrogen) atoms. The normalized spacial score (nSPS) is 12.6. The van der Waals surface area contributed by atoms with Gasteiger partial charge < -0.3 is 5.73 Å². The Morgan fingerprint density at radius 1 is 1.05 bits per heavy atom. The molecule has 0 bridgehead atoms. The van der Waals surface area contributed by atoms with Gasteiger partial charge in [-0.05, 0) is 49.1 Å². The first kappa shape index (κ1) is 14.9. The number of aryl methyl sites for hydroxylation is 1. The van der Waals surface area contributed by atoms with Crippen molar-refractivity contribution >= 4 is 34.5 Å². The fourth-order valence-corrected chi connectivity index (χ4v) is 3.64. The van der Waals surface area contributed by atoms with Crippen LogP contribution in [0, 0.1) is 0 Å². The van der Waals surface area contributed by atoms with Crippen molar-refractivity contribution < 1.29 is 0 Å². The molecule has 2 aromatic rings. The molecule has 1 atom stereocenters. The lowest BCUT2D eigenvalue weighted by Crippen LogP contribution is -2.25. The van der Waals surface area contributed by atoms with E-state index in [0.29, 0.717) is 16.5 Å². The molecule has 0 aliphatic rings. The Morgan fingerprint density at radius 3 is 2.26 bits per heavy atom. The molecular weight excluding hydrogens is 297 g/mol. The van der Waals surface area contributed by atoms with Crippen LogP contribution in [0.5, 0.6) is 0 Å². The highest BCUT2D eigenvalue weighted by molar-refractivity contribution is 7.11. The number of hydrogen-bond acceptors (Lipinski definition) is 2. The van der Waals surface area contributed by atoms with Crippen molar-refractivity contribution in [3.63, 3.8) is 0 Å². The predicted molar refractivity (Wildman–Crippen MR) is 85.5 cm³/mol. The third kappa shape index (κ3) is 3.96. The summed E-state index contributed by atoms with van der Waals surface area (Å²) in [5, 5.41) is 1.40. The van der Waals surface area contributed by atoms with E-state index in [1.54, 1.807) is 0 Å². The van der Waals surface area contributed by atoms with Gasteiger partial charge in [0.15, 0.2) is 0 Å². The highest BCUT2D eigenvalue weighted by Crippen LogP contribution is 2.26. The number of hydrogen-bond donors (Lipinski definition) is 1. The van der Waals surface area contributed by atoms with Gasteiger partial charge in [0.05, 0.1) is 0 Å². The molecule has 102 valence electrons. The van der Waals surface area contributed by atoms with E-state index >= 15 is 0 Å². The smallest absolute Gasteiger partial charge is 0.0453 e. The summed E-state index contributed by atoms with van der Waals surface area (Å²) in [5.74, 6) is 0. The van der Waals surface area contributed by atoms with E-state index < -0.39 is 0 Å². The van der Waals surface area contributed by atoms with E-state index in [1.807, 2.05) is 29.5 Å². The summed E-state index contributed by atoms with van der Waals surface area (Å²) < 4.78 is 0. The van der Waals surface area contributed by atoms with Crippen LogP contribution in [0.2, 0.25) is 10.0 Å². The maximum Gasteiger partial charge on any atom is 0.0453 e. The van der Waals surface area contributed by atoms with Crippen LogP contribution in [-0.4, -0.2) is 6.04 Å². The molecule has 0 saturated heterocycles. The molecule has 0 spiro atoms. The number of rotatable bonds is 5. The number of thiophene rings is 1. The maximum atomic E-state index is 6.22. The first-order chi connectivity index (χ1) is 9.10. The summed E-state index contributed by atoms with van der Waals surface area (Å²) in [4.78, 5) is 2.73. The zero-order valence-electron chi connectivity index (χ0n) is 10.8. The fourth-order valence-electron chi connectivity index (χ4n) is 2.04. The largest absolute Gasteiger partial charge is 0.327 e. The summed E-state index contributed by atoms with van der Waals surface area (Å²) >= 11 is 14.2. The van der Waals surface area contributed by atoms with E-state index in [-0.39, 0.29) is 6.04 Å². The first-order valence-electron chi connectivity index (χ1n) is 6.36. The molecule has 1 aromatic heterocycles. The lowest BCUT2D eigenvalue weighted by Gasteiger charge is -2.13. The van der Waals surface area contributed by atoms with Gasteiger partial charge in [0, 0.05) is 25.8 Å². The first-order valence-corrected chi connectivity index (χ1v) is 7.93. The molecule has 0 aliphatic carbocycles. The Bertz CT molecular complexity index is 531. The van der Waals surface area contributed by atoms with Gasteiger partial charge in [0.1, 0.15) is 0 Å². The van der Waals surface area contributed by atoms with E-state index in [1.165, 1.54) is 9.75 Å². The molecule has 1 nitrogen and oxygen atoms in total. The third-order valence-corrected chi connectivity index (χ3v) is 5.02. The van der Waals surface area contributed by atoms with E-state index in [4.69, 9.17) is 28.9 Å². The molecule has 1 heterocycles. The van der Waals surface area contributed by atoms with Crippen LogP contribution in [0.15, 0.2) is 30.3 Å². The number of benzene rings is 1. The Labute approximate surface area is 128 Å². The number of nitrogens with two attached hydrogens (primary N) is 1. The summed E-state index contributed by atoms with van der Waals surface area (Å²) in [6, 6.07) is 9.95. The van der Waals surface area contributed by atoms with Crippen molar-refractivity contribution in [2.75, 3.05) is 0 Å². The van der Waals surface area contributed by atoms with Gasteiger partial charge in [0.25, 0.3) is 0 Å². The Morgan fingerprint density at radius 2 is 1.68 bits per heavy atom. The fraction of sp³-hybridized carbons (Fsp3) is 0.333. The molecule has 0 amide bonds. The van der Waals surface area contributed by atoms with Crippen molar-refractivity contribution in [1.29, 1.82) is 0 Å². The molecule has 0 radical (unpaired) electrons. The second-order valence-corrected chi connectivity index (χ2v) is 6.66. The lowest BCUT2D eigenvalue weighted by atomic mass is 10.0. The van der Waals surface area contributed by atoms with Crippen molar-refractivity contribution in [3.05, 3.63) is 55.7 Å². The van der Waals surface area contributed by atoms with Crippen molar-refractivity contribution in [1.82, 2.24) is 0 Å². The second-order valence-electron chi connectivity index (χ2n) is 4.59. The highest BCUT2D eigenvalue weighted by atomic mass is 35.5. The summed E-state index contributed by atoms with van der Waals surface area (Å²) in [6.07, 6.45) is 2.65. The zero-order chi connectivity index (χ0) is 13.8. The third-order valence-electron chi connectivity index (χ3n) is 3.06. The summed E-state index contributed by atoms with van der Waals surface area (Å²) in [7, 11) is 0. The molecule has 0 fully saturated rings. The minimum absolute atomic E-state index is 0.0424. The number of halogens is 2. The molecular formula is C15H17Cl2NS. The highest BCUT2D eigenvalue weighted by Gasteiger charge is 2.12. The van der Waals surface area contributed by atoms with Gasteiger partial charge in [-0.2, -0.15) is 0 Å². The lowest BCUT2D eigenvalue weighted by molar-refractivity contribution is 0.671. The molecule has 1 aromatic carbocycles. The molecule has 0 aliphatic heterocycles. The standard InChI is InChI=1S/C15H17Cl2NS/c1-2-11-6-7-12(19-11)8-10(18)9-13-14(16)4-3-5-15(13)17/h3-7,10H,2,8-9,18H2,1H3. The Balaban J connectivity index is 2.03. The van der Waals surface area contributed by atoms with Gasteiger partial charge >= 0.3 is 0 Å². The zero-order valence-corrected chi connectivity index (χ0v) is 13.2. The van der Waals surface area contributed by atoms with E-state index in [2.05, 4.69) is 19.1 Å². The van der Waals surface area contributed by atoms with Crippen molar-refractivity contribution in [2.24, 2.45) is 5.73 Å². The van der Waals surface area contributed by atoms with Crippen LogP contribution in [0.3, 0.4) is 0 Å². The van der Waals surface area contributed by atoms with Crippen LogP contribution < -0.4 is 5.73 Å². The Kier molecular flexibility index (Phi) is 5.28. The van der Waals surface area contributed by atoms with Crippen LogP contribution >= 0.6 is 34.5 Å². The minimum Gasteiger partial charge on any atom is -0.327 e. The molecule has 0 saturated carbocycles. The van der Waals surface area contributed by atoms with Crippen molar-refractivity contribution in [3.8, 4) is 0 Å². The van der Waals surface area contributed by atoms with Gasteiger partial charge in [-0.3, -0.25) is 0 Å². The Hall–Kier alpha value is -0.540. The van der Waals surface area contributed by atoms with Gasteiger partial charge in [-0.1, -0.05) is 36.2 Å². The monoisotopic (exact) mass is 313 g/mol. The average Bonchev–Trinajstić information content (AvgIpc) is 2.81. The SMILES string of the molecule is CCc1ccc(CC(N)Cc2c(Cl)cccc2Cl)s1. The van der Waals surface area contributed by atoms with Crippen LogP contribution in [0.25, 0.3) is 0 Å². The molecule has 2 N–H and O–H groups in total. The molecule has 1 unspecified atom stereocenters. The average molecular weight is 314 g/mol. The predicted octanol–water partition coefficient (Wildman–Crippen LogP) is 4.73. The maximum absolute atomic E-state index is 6.22. The van der Waals surface area contributed by atoms with Gasteiger partial charge in [-0.15, -0.1) is 11.3 Å². The van der Waals surface area contributed by atoms with Gasteiger partial charge in [0.2, 0.25) is 0 Å². The quantitative estimate of drug-likeness (QED) is 0.848. The van der Waals surface area contributed by atoms with Crippen LogP contribution in [0.4, 0.5) is 0 Å². The summed E-state index contributed by atoms with van der Waals surface area (Å²) in [6.45, 7) is 2.17. The van der Waals surface area contributed by atoms with Crippen LogP contribution in [-0.2, 0) is 19.3 Å². The molecule has 2 rings (SSSR count). The van der Waals surface area contributed by atoms with E-state index in [9.17, 15) is 0 Å². The minimum atomic E-state index is 0.0424. The van der Waals surface area contributed by atoms with E-state index in [0.717, 1.165) is 18.4 Å². The van der Waals surface area contributed by atoms with Crippen molar-refractivity contribution in [2.45, 2.75) is 32.2 Å². The summed E-state index contributed by atoms with van der Waals surface area (Å²) in [5.41, 5.74) is 7.17. The molecule has 4 heteroatoms. The second kappa shape index (κ2) is 6.76.